The standard InChI is InChI=1S/C26H24Cl2N4O4S/c1-3-35-24-14-18(8-13-23(24)36-16-19-6-4-5-7-22(19)28)25(15-31(33)34)37-26-30-29-17(2)32(26)21-11-9-20(27)10-12-21/h4-14,25H,3,15-16H2,1-2H3/t25-/m0/s1. The molecule has 3 aromatic carbocycles. The van der Waals surface area contributed by atoms with Crippen molar-refractivity contribution < 1.29 is 14.4 Å². The fourth-order valence-corrected chi connectivity index (χ4v) is 5.14. The normalized spacial score (nSPS) is 11.8. The van der Waals surface area contributed by atoms with Gasteiger partial charge < -0.3 is 9.47 Å². The third kappa shape index (κ3) is 6.74. The van der Waals surface area contributed by atoms with Crippen LogP contribution in [0.3, 0.4) is 0 Å². The lowest BCUT2D eigenvalue weighted by Gasteiger charge is -2.17. The van der Waals surface area contributed by atoms with E-state index < -0.39 is 5.25 Å². The quantitative estimate of drug-likeness (QED) is 0.111. The van der Waals surface area contributed by atoms with Gasteiger partial charge in [-0.25, -0.2) is 0 Å². The van der Waals surface area contributed by atoms with E-state index in [0.29, 0.717) is 44.7 Å². The van der Waals surface area contributed by atoms with Crippen molar-refractivity contribution in [2.45, 2.75) is 30.9 Å². The molecule has 4 aromatic rings. The van der Waals surface area contributed by atoms with Crippen LogP contribution in [-0.4, -0.2) is 32.8 Å². The first-order valence-corrected chi connectivity index (χ1v) is 13.1. The van der Waals surface area contributed by atoms with Crippen LogP contribution in [0.4, 0.5) is 0 Å². The summed E-state index contributed by atoms with van der Waals surface area (Å²) in [4.78, 5) is 11.3. The van der Waals surface area contributed by atoms with E-state index in [-0.39, 0.29) is 18.1 Å². The van der Waals surface area contributed by atoms with Crippen LogP contribution in [0.1, 0.15) is 29.1 Å². The molecule has 11 heteroatoms. The highest BCUT2D eigenvalue weighted by molar-refractivity contribution is 7.99. The Labute approximate surface area is 228 Å². The molecular weight excluding hydrogens is 535 g/mol. The summed E-state index contributed by atoms with van der Waals surface area (Å²) < 4.78 is 13.7. The largest absolute Gasteiger partial charge is 0.490 e. The molecule has 1 heterocycles. The molecule has 8 nitrogen and oxygen atoms in total. The molecule has 1 aromatic heterocycles. The number of nitro groups is 1. The number of ether oxygens (including phenoxy) is 2. The minimum atomic E-state index is -0.554. The highest BCUT2D eigenvalue weighted by Gasteiger charge is 2.25. The van der Waals surface area contributed by atoms with E-state index in [1.54, 1.807) is 30.3 Å². The third-order valence-electron chi connectivity index (χ3n) is 5.42. The molecule has 37 heavy (non-hydrogen) atoms. The van der Waals surface area contributed by atoms with E-state index in [0.717, 1.165) is 11.3 Å². The summed E-state index contributed by atoms with van der Waals surface area (Å²) in [6.07, 6.45) is 0. The van der Waals surface area contributed by atoms with Crippen molar-refractivity contribution >= 4 is 35.0 Å². The van der Waals surface area contributed by atoms with Gasteiger partial charge in [0, 0.05) is 26.2 Å². The van der Waals surface area contributed by atoms with Crippen molar-refractivity contribution in [3.05, 3.63) is 104 Å². The molecule has 0 unspecified atom stereocenters. The molecule has 0 aliphatic rings. The summed E-state index contributed by atoms with van der Waals surface area (Å²) in [5.41, 5.74) is 2.36. The molecule has 192 valence electrons. The first-order chi connectivity index (χ1) is 17.9. The van der Waals surface area contributed by atoms with E-state index in [1.165, 1.54) is 11.8 Å². The van der Waals surface area contributed by atoms with Crippen LogP contribution in [0.15, 0.2) is 71.9 Å². The van der Waals surface area contributed by atoms with Gasteiger partial charge in [0.2, 0.25) is 6.54 Å². The van der Waals surface area contributed by atoms with Crippen LogP contribution in [0, 0.1) is 17.0 Å². The molecule has 0 N–H and O–H groups in total. The second kappa shape index (κ2) is 12.3. The van der Waals surface area contributed by atoms with Crippen molar-refractivity contribution in [2.24, 2.45) is 0 Å². The van der Waals surface area contributed by atoms with E-state index in [1.807, 2.05) is 54.8 Å². The van der Waals surface area contributed by atoms with Gasteiger partial charge in [-0.2, -0.15) is 0 Å². The van der Waals surface area contributed by atoms with Gasteiger partial charge in [0.1, 0.15) is 17.7 Å². The Morgan fingerprint density at radius 3 is 2.49 bits per heavy atom. The number of thioether (sulfide) groups is 1. The average molecular weight is 559 g/mol. The molecule has 1 atom stereocenters. The van der Waals surface area contributed by atoms with Crippen molar-refractivity contribution in [1.82, 2.24) is 14.8 Å². The summed E-state index contributed by atoms with van der Waals surface area (Å²) in [7, 11) is 0. The van der Waals surface area contributed by atoms with E-state index in [9.17, 15) is 10.1 Å². The zero-order valence-electron chi connectivity index (χ0n) is 20.1. The van der Waals surface area contributed by atoms with Crippen molar-refractivity contribution in [1.29, 1.82) is 0 Å². The Morgan fingerprint density at radius 2 is 1.78 bits per heavy atom. The second-order valence-electron chi connectivity index (χ2n) is 7.98. The Bertz CT molecular complexity index is 1380. The first-order valence-electron chi connectivity index (χ1n) is 11.4. The van der Waals surface area contributed by atoms with Crippen molar-refractivity contribution in [2.75, 3.05) is 13.2 Å². The lowest BCUT2D eigenvalue weighted by molar-refractivity contribution is -0.479. The maximum absolute atomic E-state index is 11.6. The molecule has 0 saturated carbocycles. The number of aryl methyl sites for hydroxylation is 1. The molecule has 0 radical (unpaired) electrons. The minimum absolute atomic E-state index is 0.260. The molecule has 0 spiro atoms. The fourth-order valence-electron chi connectivity index (χ4n) is 3.66. The first kappa shape index (κ1) is 26.8. The molecule has 0 aliphatic heterocycles. The molecule has 0 fully saturated rings. The number of rotatable bonds is 11. The molecule has 0 amide bonds. The summed E-state index contributed by atoms with van der Waals surface area (Å²) in [5.74, 6) is 1.68. The van der Waals surface area contributed by atoms with Crippen LogP contribution in [-0.2, 0) is 6.61 Å². The van der Waals surface area contributed by atoms with Gasteiger partial charge in [-0.1, -0.05) is 59.2 Å². The Balaban J connectivity index is 1.63. The number of hydrogen-bond acceptors (Lipinski definition) is 7. The van der Waals surface area contributed by atoms with Crippen LogP contribution >= 0.6 is 35.0 Å². The van der Waals surface area contributed by atoms with Crippen LogP contribution in [0.2, 0.25) is 10.0 Å². The zero-order valence-corrected chi connectivity index (χ0v) is 22.5. The van der Waals surface area contributed by atoms with Gasteiger partial charge in [-0.15, -0.1) is 10.2 Å². The monoisotopic (exact) mass is 558 g/mol. The molecule has 4 rings (SSSR count). The summed E-state index contributed by atoms with van der Waals surface area (Å²) >= 11 is 13.6. The maximum atomic E-state index is 11.6. The highest BCUT2D eigenvalue weighted by Crippen LogP contribution is 2.40. The number of benzene rings is 3. The predicted molar refractivity (Wildman–Crippen MR) is 145 cm³/mol. The summed E-state index contributed by atoms with van der Waals surface area (Å²) in [5, 5.41) is 21.3. The molecule has 0 saturated heterocycles. The van der Waals surface area contributed by atoms with E-state index in [4.69, 9.17) is 32.7 Å². The molecular formula is C26H24Cl2N4O4S. The predicted octanol–water partition coefficient (Wildman–Crippen LogP) is 6.97. The summed E-state index contributed by atoms with van der Waals surface area (Å²) in [6, 6.07) is 20.0. The average Bonchev–Trinajstić information content (AvgIpc) is 3.24. The Kier molecular flexibility index (Phi) is 8.91. The van der Waals surface area contributed by atoms with Gasteiger partial charge in [-0.05, 0) is 61.9 Å². The number of nitrogens with zero attached hydrogens (tertiary/aromatic N) is 4. The highest BCUT2D eigenvalue weighted by atomic mass is 35.5. The lowest BCUT2D eigenvalue weighted by Crippen LogP contribution is -2.11. The third-order valence-corrected chi connectivity index (χ3v) is 7.22. The van der Waals surface area contributed by atoms with Gasteiger partial charge >= 0.3 is 0 Å². The van der Waals surface area contributed by atoms with Crippen LogP contribution in [0.5, 0.6) is 11.5 Å². The molecule has 0 aliphatic carbocycles. The molecule has 0 bridgehead atoms. The van der Waals surface area contributed by atoms with Gasteiger partial charge in [0.05, 0.1) is 6.61 Å². The fraction of sp³-hybridized carbons (Fsp3) is 0.231. The number of hydrogen-bond donors (Lipinski definition) is 0. The number of halogens is 2. The second-order valence-corrected chi connectivity index (χ2v) is 10.00. The Hall–Kier alpha value is -3.27. The maximum Gasteiger partial charge on any atom is 0.220 e. The summed E-state index contributed by atoms with van der Waals surface area (Å²) in [6.45, 7) is 4.04. The van der Waals surface area contributed by atoms with Gasteiger partial charge in [-0.3, -0.25) is 14.7 Å². The topological polar surface area (TPSA) is 92.3 Å². The minimum Gasteiger partial charge on any atom is -0.490 e. The van der Waals surface area contributed by atoms with Gasteiger partial charge in [0.25, 0.3) is 0 Å². The zero-order chi connectivity index (χ0) is 26.4. The van der Waals surface area contributed by atoms with Gasteiger partial charge in [0.15, 0.2) is 16.7 Å². The number of aromatic nitrogens is 3. The van der Waals surface area contributed by atoms with Crippen molar-refractivity contribution in [3.63, 3.8) is 0 Å². The Morgan fingerprint density at radius 1 is 1.03 bits per heavy atom. The van der Waals surface area contributed by atoms with Crippen molar-refractivity contribution in [3.8, 4) is 17.2 Å². The van der Waals surface area contributed by atoms with Crippen LogP contribution < -0.4 is 9.47 Å². The van der Waals surface area contributed by atoms with E-state index in [2.05, 4.69) is 10.2 Å². The van der Waals surface area contributed by atoms with E-state index >= 15 is 0 Å². The van der Waals surface area contributed by atoms with Crippen LogP contribution in [0.25, 0.3) is 5.69 Å². The smallest absolute Gasteiger partial charge is 0.220 e. The SMILES string of the molecule is CCOc1cc([C@H](C[N+](=O)[O-])Sc2nnc(C)n2-c2ccc(Cl)cc2)ccc1OCc1ccccc1Cl. The lowest BCUT2D eigenvalue weighted by atomic mass is 10.1.